The zero-order chi connectivity index (χ0) is 8.97. The van der Waals surface area contributed by atoms with Crippen molar-refractivity contribution < 1.29 is 14.6 Å². The van der Waals surface area contributed by atoms with Gasteiger partial charge in [0.1, 0.15) is 5.75 Å². The van der Waals surface area contributed by atoms with Crippen LogP contribution in [0.5, 0.6) is 5.75 Å². The molecular formula is C11H18O3. The number of methoxy groups -OCH3 is 1. The van der Waals surface area contributed by atoms with E-state index in [1.54, 1.807) is 31.4 Å². The van der Waals surface area contributed by atoms with Crippen LogP contribution in [0, 0.1) is 0 Å². The molecule has 0 aliphatic heterocycles. The molecule has 0 aliphatic carbocycles. The van der Waals surface area contributed by atoms with Crippen molar-refractivity contribution in [1.29, 1.82) is 0 Å². The lowest BCUT2D eigenvalue weighted by Crippen LogP contribution is -1.99. The van der Waals surface area contributed by atoms with Gasteiger partial charge in [-0.25, -0.2) is 0 Å². The zero-order valence-electron chi connectivity index (χ0n) is 6.78. The van der Waals surface area contributed by atoms with Gasteiger partial charge in [0.2, 0.25) is 0 Å². The zero-order valence-corrected chi connectivity index (χ0v) is 6.78. The largest absolute Gasteiger partial charge is 0.497 e. The first-order valence-corrected chi connectivity index (χ1v) is 3.57. The molecule has 80 valence electrons. The van der Waals surface area contributed by atoms with Crippen molar-refractivity contribution in [3.05, 3.63) is 29.8 Å². The van der Waals surface area contributed by atoms with Gasteiger partial charge in [-0.1, -0.05) is 27.0 Å². The van der Waals surface area contributed by atoms with Crippen LogP contribution in [0.3, 0.4) is 0 Å². The van der Waals surface area contributed by atoms with E-state index in [-0.39, 0.29) is 21.3 Å². The first kappa shape index (κ1) is 15.0. The van der Waals surface area contributed by atoms with Gasteiger partial charge in [-0.05, 0) is 17.7 Å². The Hall–Kier alpha value is -1.51. The third-order valence-electron chi connectivity index (χ3n) is 1.51. The summed E-state index contributed by atoms with van der Waals surface area (Å²) < 4.78 is 4.93. The first-order valence-electron chi connectivity index (χ1n) is 3.57. The van der Waals surface area contributed by atoms with Crippen molar-refractivity contribution >= 4 is 5.97 Å². The molecule has 14 heavy (non-hydrogen) atoms. The highest BCUT2D eigenvalue weighted by atomic mass is 16.5. The molecular weight excluding hydrogens is 180 g/mol. The number of ether oxygens (including phenoxy) is 1. The summed E-state index contributed by atoms with van der Waals surface area (Å²) in [5, 5.41) is 8.46. The number of carboxylic acid groups (broad SMARTS) is 1. The van der Waals surface area contributed by atoms with E-state index in [2.05, 4.69) is 0 Å². The van der Waals surface area contributed by atoms with Crippen LogP contribution >= 0.6 is 0 Å². The van der Waals surface area contributed by atoms with E-state index < -0.39 is 5.97 Å². The molecule has 0 aromatic heterocycles. The monoisotopic (exact) mass is 198 g/mol. The van der Waals surface area contributed by atoms with Gasteiger partial charge in [0, 0.05) is 0 Å². The van der Waals surface area contributed by atoms with E-state index in [0.29, 0.717) is 0 Å². The van der Waals surface area contributed by atoms with Crippen LogP contribution in [0.2, 0.25) is 0 Å². The normalized spacial score (nSPS) is 8.07. The Balaban J connectivity index is 0. The average Bonchev–Trinajstić information content (AvgIpc) is 2.05. The van der Waals surface area contributed by atoms with E-state index in [4.69, 9.17) is 9.84 Å². The van der Waals surface area contributed by atoms with Crippen LogP contribution in [0.4, 0.5) is 0 Å². The molecule has 1 rings (SSSR count). The van der Waals surface area contributed by atoms with Gasteiger partial charge in [-0.3, -0.25) is 4.79 Å². The van der Waals surface area contributed by atoms with Gasteiger partial charge in [0.05, 0.1) is 13.5 Å². The summed E-state index contributed by atoms with van der Waals surface area (Å²) in [6.07, 6.45) is 0.0595. The Kier molecular flexibility index (Phi) is 7.44. The Labute approximate surface area is 85.3 Å². The maximum Gasteiger partial charge on any atom is 0.307 e. The molecule has 0 saturated heterocycles. The molecule has 1 N–H and O–H groups in total. The molecule has 0 fully saturated rings. The standard InChI is InChI=1S/C9H10O3.2CH4/c1-12-8-4-2-7(3-5-8)6-9(10)11;;/h2-5H,6H2,1H3,(H,10,11);2*1H4. The predicted octanol–water partition coefficient (Wildman–Crippen LogP) is 2.59. The second-order valence-electron chi connectivity index (χ2n) is 2.42. The van der Waals surface area contributed by atoms with Crippen LogP contribution in [0.15, 0.2) is 24.3 Å². The van der Waals surface area contributed by atoms with Crippen molar-refractivity contribution in [2.75, 3.05) is 7.11 Å². The van der Waals surface area contributed by atoms with Gasteiger partial charge in [-0.15, -0.1) is 0 Å². The lowest BCUT2D eigenvalue weighted by atomic mass is 10.1. The van der Waals surface area contributed by atoms with Crippen molar-refractivity contribution in [2.24, 2.45) is 0 Å². The summed E-state index contributed by atoms with van der Waals surface area (Å²) in [7, 11) is 1.58. The molecule has 0 saturated carbocycles. The first-order chi connectivity index (χ1) is 5.72. The minimum Gasteiger partial charge on any atom is -0.497 e. The highest BCUT2D eigenvalue weighted by Gasteiger charge is 1.99. The van der Waals surface area contributed by atoms with Crippen LogP contribution in [0.1, 0.15) is 20.4 Å². The molecule has 0 unspecified atom stereocenters. The van der Waals surface area contributed by atoms with Crippen molar-refractivity contribution in [1.82, 2.24) is 0 Å². The topological polar surface area (TPSA) is 46.5 Å². The molecule has 1 aromatic carbocycles. The maximum atomic E-state index is 10.3. The van der Waals surface area contributed by atoms with Gasteiger partial charge in [-0.2, -0.15) is 0 Å². The second-order valence-corrected chi connectivity index (χ2v) is 2.42. The van der Waals surface area contributed by atoms with E-state index in [0.717, 1.165) is 11.3 Å². The number of carbonyl (C=O) groups is 1. The number of hydrogen-bond donors (Lipinski definition) is 1. The van der Waals surface area contributed by atoms with Crippen molar-refractivity contribution in [3.8, 4) is 5.75 Å². The lowest BCUT2D eigenvalue weighted by molar-refractivity contribution is -0.136. The van der Waals surface area contributed by atoms with E-state index in [1.807, 2.05) is 0 Å². The Morgan fingerprint density at radius 2 is 1.79 bits per heavy atom. The lowest BCUT2D eigenvalue weighted by Gasteiger charge is -1.99. The SMILES string of the molecule is C.C.COc1ccc(CC(=O)O)cc1. The highest BCUT2D eigenvalue weighted by molar-refractivity contribution is 5.70. The van der Waals surface area contributed by atoms with Crippen molar-refractivity contribution in [3.63, 3.8) is 0 Å². The van der Waals surface area contributed by atoms with Gasteiger partial charge in [0.15, 0.2) is 0 Å². The number of hydrogen-bond acceptors (Lipinski definition) is 2. The summed E-state index contributed by atoms with van der Waals surface area (Å²) >= 11 is 0. The average molecular weight is 198 g/mol. The Bertz CT molecular complexity index is 264. The fourth-order valence-electron chi connectivity index (χ4n) is 0.918. The fourth-order valence-corrected chi connectivity index (χ4v) is 0.918. The molecule has 0 radical (unpaired) electrons. The van der Waals surface area contributed by atoms with Crippen LogP contribution < -0.4 is 4.74 Å². The molecule has 0 atom stereocenters. The van der Waals surface area contributed by atoms with Crippen molar-refractivity contribution in [2.45, 2.75) is 21.3 Å². The summed E-state index contributed by atoms with van der Waals surface area (Å²) in [5.74, 6) is -0.0793. The Morgan fingerprint density at radius 1 is 1.29 bits per heavy atom. The second kappa shape index (κ2) is 6.95. The summed E-state index contributed by atoms with van der Waals surface area (Å²) in [6, 6.07) is 6.98. The number of aliphatic carboxylic acids is 1. The number of rotatable bonds is 3. The molecule has 0 aliphatic rings. The summed E-state index contributed by atoms with van der Waals surface area (Å²) in [6.45, 7) is 0. The van der Waals surface area contributed by atoms with Gasteiger partial charge in [0.25, 0.3) is 0 Å². The quantitative estimate of drug-likeness (QED) is 0.812. The molecule has 0 amide bonds. The van der Waals surface area contributed by atoms with Gasteiger partial charge < -0.3 is 9.84 Å². The number of benzene rings is 1. The minimum absolute atomic E-state index is 0. The number of carboxylic acids is 1. The summed E-state index contributed by atoms with van der Waals surface area (Å²) in [4.78, 5) is 10.3. The fraction of sp³-hybridized carbons (Fsp3) is 0.364. The van der Waals surface area contributed by atoms with Gasteiger partial charge >= 0.3 is 5.97 Å². The maximum absolute atomic E-state index is 10.3. The summed E-state index contributed by atoms with van der Waals surface area (Å²) in [5.41, 5.74) is 0.781. The van der Waals surface area contributed by atoms with E-state index >= 15 is 0 Å². The van der Waals surface area contributed by atoms with E-state index in [1.165, 1.54) is 0 Å². The smallest absolute Gasteiger partial charge is 0.307 e. The van der Waals surface area contributed by atoms with E-state index in [9.17, 15) is 4.79 Å². The minimum atomic E-state index is -0.819. The molecule has 0 heterocycles. The third kappa shape index (κ3) is 4.50. The Morgan fingerprint density at radius 3 is 2.14 bits per heavy atom. The molecule has 1 aromatic rings. The van der Waals surface area contributed by atoms with Crippen LogP contribution in [0.25, 0.3) is 0 Å². The highest BCUT2D eigenvalue weighted by Crippen LogP contribution is 2.11. The predicted molar refractivity (Wildman–Crippen MR) is 57.8 cm³/mol. The molecule has 3 heteroatoms. The molecule has 0 spiro atoms. The third-order valence-corrected chi connectivity index (χ3v) is 1.51. The van der Waals surface area contributed by atoms with Crippen LogP contribution in [-0.2, 0) is 11.2 Å². The van der Waals surface area contributed by atoms with Crippen LogP contribution in [-0.4, -0.2) is 18.2 Å². The molecule has 0 bridgehead atoms. The molecule has 3 nitrogen and oxygen atoms in total.